The number of hydrogen-bond donors (Lipinski definition) is 0. The fraction of sp³-hybridized carbons (Fsp3) is 0.355. The van der Waals surface area contributed by atoms with Crippen LogP contribution in [-0.4, -0.2) is 55.7 Å². The van der Waals surface area contributed by atoms with Gasteiger partial charge in [0.05, 0.1) is 11.7 Å². The van der Waals surface area contributed by atoms with Crippen LogP contribution in [0.3, 0.4) is 0 Å². The van der Waals surface area contributed by atoms with Crippen molar-refractivity contribution in [3.05, 3.63) is 83.7 Å². The second-order valence-corrected chi connectivity index (χ2v) is 10.9. The molecule has 2 amide bonds. The van der Waals surface area contributed by atoms with Crippen molar-refractivity contribution >= 4 is 23.4 Å². The Hall–Kier alpha value is -3.87. The molecule has 1 unspecified atom stereocenters. The van der Waals surface area contributed by atoms with Gasteiger partial charge in [0, 0.05) is 39.9 Å². The summed E-state index contributed by atoms with van der Waals surface area (Å²) in [6.45, 7) is 8.67. The van der Waals surface area contributed by atoms with Gasteiger partial charge in [-0.05, 0) is 75.6 Å². The molecule has 4 rings (SSSR count). The number of hydrogen-bond acceptors (Lipinski definition) is 4. The minimum Gasteiger partial charge on any atom is -0.444 e. The van der Waals surface area contributed by atoms with Crippen LogP contribution >= 0.6 is 0 Å². The predicted octanol–water partition coefficient (Wildman–Crippen LogP) is 6.77. The van der Waals surface area contributed by atoms with Crippen LogP contribution in [0.4, 0.5) is 20.6 Å². The summed E-state index contributed by atoms with van der Waals surface area (Å²) in [4.78, 5) is 30.5. The van der Waals surface area contributed by atoms with Gasteiger partial charge in [0.2, 0.25) is 0 Å². The van der Waals surface area contributed by atoms with Crippen molar-refractivity contribution in [2.75, 3.05) is 37.0 Å². The van der Waals surface area contributed by atoms with Gasteiger partial charge >= 0.3 is 6.09 Å². The molecule has 0 N–H and O–H groups in total. The molecule has 7 heteroatoms. The second kappa shape index (κ2) is 10.9. The molecule has 0 spiro atoms. The Morgan fingerprint density at radius 1 is 0.974 bits per heavy atom. The molecule has 6 nitrogen and oxygen atoms in total. The molecular weight excluding hydrogens is 481 g/mol. The Labute approximate surface area is 226 Å². The normalized spacial score (nSPS) is 15.3. The molecule has 0 radical (unpaired) electrons. The highest BCUT2D eigenvalue weighted by Crippen LogP contribution is 2.30. The number of nitrogens with zero attached hydrogens (tertiary/aromatic N) is 3. The third-order valence-electron chi connectivity index (χ3n) is 6.87. The Bertz CT molecular complexity index is 1310. The molecule has 1 atom stereocenters. The van der Waals surface area contributed by atoms with E-state index in [1.54, 1.807) is 43.3 Å². The lowest BCUT2D eigenvalue weighted by Gasteiger charge is -2.29. The predicted molar refractivity (Wildman–Crippen MR) is 152 cm³/mol. The topological polar surface area (TPSA) is 53.1 Å². The van der Waals surface area contributed by atoms with Crippen molar-refractivity contribution in [1.29, 1.82) is 0 Å². The highest BCUT2D eigenvalue weighted by molar-refractivity contribution is 6.06. The number of aryl methyl sites for hydroxylation is 1. The summed E-state index contributed by atoms with van der Waals surface area (Å²) < 4.78 is 20.7. The van der Waals surface area contributed by atoms with E-state index in [-0.39, 0.29) is 19.5 Å². The van der Waals surface area contributed by atoms with Gasteiger partial charge in [-0.25, -0.2) is 9.18 Å². The summed E-state index contributed by atoms with van der Waals surface area (Å²) in [5, 5.41) is 0. The van der Waals surface area contributed by atoms with Crippen LogP contribution in [0.1, 0.15) is 44.5 Å². The standard InChI is InChI=1S/C31H36FN3O3.H2/c1-21-7-9-22(10-8-21)23-11-13-24(14-12-23)29(36)33(5)25-15-16-28(27(32)19-25)35-18-17-26(20-35)34(6)30(37)38-31(2,3)4;/h7-16,19,26H,17-18,20H2,1-6H3;1H. The number of amides is 2. The van der Waals surface area contributed by atoms with Gasteiger partial charge in [0.1, 0.15) is 11.4 Å². The molecule has 3 aromatic carbocycles. The highest BCUT2D eigenvalue weighted by Gasteiger charge is 2.32. The summed E-state index contributed by atoms with van der Waals surface area (Å²) >= 11 is 0. The van der Waals surface area contributed by atoms with Gasteiger partial charge in [-0.2, -0.15) is 0 Å². The molecule has 202 valence electrons. The minimum atomic E-state index is -0.571. The van der Waals surface area contributed by atoms with Crippen LogP contribution in [0, 0.1) is 12.7 Å². The number of ether oxygens (including phenoxy) is 1. The van der Waals surface area contributed by atoms with Gasteiger partial charge in [-0.1, -0.05) is 42.0 Å². The molecule has 0 aromatic heterocycles. The molecule has 1 fully saturated rings. The van der Waals surface area contributed by atoms with Crippen LogP contribution in [0.2, 0.25) is 0 Å². The lowest BCUT2D eigenvalue weighted by Crippen LogP contribution is -2.42. The van der Waals surface area contributed by atoms with E-state index in [0.717, 1.165) is 11.1 Å². The van der Waals surface area contributed by atoms with E-state index in [2.05, 4.69) is 24.3 Å². The molecule has 1 heterocycles. The molecule has 0 bridgehead atoms. The molecule has 0 aliphatic carbocycles. The van der Waals surface area contributed by atoms with Gasteiger partial charge in [0.25, 0.3) is 5.91 Å². The Balaban J connectivity index is 0.00000420. The maximum absolute atomic E-state index is 15.2. The average molecular weight is 520 g/mol. The number of rotatable bonds is 5. The van der Waals surface area contributed by atoms with Crippen molar-refractivity contribution in [3.8, 4) is 11.1 Å². The first-order chi connectivity index (χ1) is 17.9. The van der Waals surface area contributed by atoms with Gasteiger partial charge in [-0.3, -0.25) is 4.79 Å². The number of likely N-dealkylation sites (N-methyl/N-ethyl adjacent to an activating group) is 1. The summed E-state index contributed by atoms with van der Waals surface area (Å²) in [6.07, 6.45) is 0.334. The van der Waals surface area contributed by atoms with Crippen LogP contribution in [0.5, 0.6) is 0 Å². The summed E-state index contributed by atoms with van der Waals surface area (Å²) in [5.41, 5.74) is 4.19. The van der Waals surface area contributed by atoms with Crippen LogP contribution < -0.4 is 9.80 Å². The zero-order valence-electron chi connectivity index (χ0n) is 23.0. The minimum absolute atomic E-state index is 0. The zero-order valence-corrected chi connectivity index (χ0v) is 23.0. The zero-order chi connectivity index (χ0) is 27.6. The first-order valence-corrected chi connectivity index (χ1v) is 12.9. The Morgan fingerprint density at radius 2 is 1.58 bits per heavy atom. The molecule has 3 aromatic rings. The fourth-order valence-electron chi connectivity index (χ4n) is 4.58. The summed E-state index contributed by atoms with van der Waals surface area (Å²) in [6, 6.07) is 20.4. The van der Waals surface area contributed by atoms with Crippen molar-refractivity contribution in [1.82, 2.24) is 4.90 Å². The Morgan fingerprint density at radius 3 is 2.16 bits per heavy atom. The first kappa shape index (κ1) is 27.2. The SMILES string of the molecule is Cc1ccc(-c2ccc(C(=O)N(C)c3ccc(N4CCC(N(C)C(=O)OC(C)(C)C)C4)c(F)c3)cc2)cc1.[HH]. The van der Waals surface area contributed by atoms with E-state index in [1.807, 2.05) is 44.7 Å². The monoisotopic (exact) mass is 519 g/mol. The second-order valence-electron chi connectivity index (χ2n) is 10.9. The lowest BCUT2D eigenvalue weighted by molar-refractivity contribution is 0.0237. The number of carbonyl (C=O) groups is 2. The van der Waals surface area contributed by atoms with Gasteiger partial charge < -0.3 is 19.4 Å². The number of halogens is 1. The van der Waals surface area contributed by atoms with E-state index < -0.39 is 11.4 Å². The fourth-order valence-corrected chi connectivity index (χ4v) is 4.58. The van der Waals surface area contributed by atoms with E-state index in [4.69, 9.17) is 4.74 Å². The quantitative estimate of drug-likeness (QED) is 0.373. The summed E-state index contributed by atoms with van der Waals surface area (Å²) in [7, 11) is 3.36. The highest BCUT2D eigenvalue weighted by atomic mass is 19.1. The van der Waals surface area contributed by atoms with E-state index >= 15 is 4.39 Å². The van der Waals surface area contributed by atoms with Crippen LogP contribution in [-0.2, 0) is 4.74 Å². The van der Waals surface area contributed by atoms with Crippen molar-refractivity contribution < 1.29 is 20.1 Å². The Kier molecular flexibility index (Phi) is 7.76. The van der Waals surface area contributed by atoms with Crippen LogP contribution in [0.15, 0.2) is 66.7 Å². The number of anilines is 2. The third kappa shape index (κ3) is 6.15. The lowest BCUT2D eigenvalue weighted by atomic mass is 10.0. The van der Waals surface area contributed by atoms with Crippen LogP contribution in [0.25, 0.3) is 11.1 Å². The maximum Gasteiger partial charge on any atom is 0.410 e. The van der Waals surface area contributed by atoms with E-state index in [0.29, 0.717) is 36.4 Å². The largest absolute Gasteiger partial charge is 0.444 e. The summed E-state index contributed by atoms with van der Waals surface area (Å²) in [5.74, 6) is -0.620. The molecular formula is C31H38FN3O3. The maximum atomic E-state index is 15.2. The number of benzene rings is 3. The molecule has 0 saturated carbocycles. The molecule has 1 aliphatic heterocycles. The third-order valence-corrected chi connectivity index (χ3v) is 6.87. The molecule has 38 heavy (non-hydrogen) atoms. The smallest absolute Gasteiger partial charge is 0.410 e. The van der Waals surface area contributed by atoms with E-state index in [1.165, 1.54) is 16.5 Å². The van der Waals surface area contributed by atoms with Crippen molar-refractivity contribution in [3.63, 3.8) is 0 Å². The first-order valence-electron chi connectivity index (χ1n) is 12.9. The van der Waals surface area contributed by atoms with E-state index in [9.17, 15) is 9.59 Å². The van der Waals surface area contributed by atoms with Gasteiger partial charge in [0.15, 0.2) is 0 Å². The molecule has 1 aliphatic rings. The number of carbonyl (C=O) groups excluding carboxylic acids is 2. The molecule has 1 saturated heterocycles. The average Bonchev–Trinajstić information content (AvgIpc) is 3.37. The van der Waals surface area contributed by atoms with Gasteiger partial charge in [-0.15, -0.1) is 0 Å². The van der Waals surface area contributed by atoms with Crippen molar-refractivity contribution in [2.45, 2.75) is 45.8 Å². The van der Waals surface area contributed by atoms with Crippen molar-refractivity contribution in [2.24, 2.45) is 0 Å².